The van der Waals surface area contributed by atoms with E-state index >= 15 is 0 Å². The second-order valence-electron chi connectivity index (χ2n) is 7.28. The molecule has 33 heavy (non-hydrogen) atoms. The number of aryl methyl sites for hydroxylation is 1. The van der Waals surface area contributed by atoms with E-state index in [2.05, 4.69) is 10.3 Å². The van der Waals surface area contributed by atoms with Gasteiger partial charge in [0.15, 0.2) is 5.13 Å². The molecule has 0 bridgehead atoms. The molecule has 2 aromatic carbocycles. The van der Waals surface area contributed by atoms with Crippen molar-refractivity contribution in [1.82, 2.24) is 9.88 Å². The molecule has 0 aliphatic carbocycles. The summed E-state index contributed by atoms with van der Waals surface area (Å²) in [5.41, 5.74) is 2.87. The zero-order valence-corrected chi connectivity index (χ0v) is 20.4. The second kappa shape index (κ2) is 10.1. The first-order valence-electron chi connectivity index (χ1n) is 9.79. The number of imide groups is 1. The molecule has 1 aromatic heterocycles. The molecule has 0 unspecified atom stereocenters. The lowest BCUT2D eigenvalue weighted by molar-refractivity contribution is -0.127. The van der Waals surface area contributed by atoms with E-state index in [1.165, 1.54) is 11.3 Å². The monoisotopic (exact) mass is 517 g/mol. The number of nitrogens with one attached hydrogen (secondary N) is 1. The van der Waals surface area contributed by atoms with Crippen LogP contribution in [0.1, 0.15) is 21.6 Å². The molecule has 4 rings (SSSR count). The topological polar surface area (TPSA) is 79.4 Å². The standard InChI is InChI=1S/C23H17Cl2N3O3S2/c1-13-2-4-14(5-3-13)10-19-21(30)28(23(31)33-19)12-20(29)27-22-26-11-16(32-22)8-15-6-7-17(24)18(25)9-15/h2-7,9-11H,8,12H2,1H3,(H,26,27,29)/b19-10-. The lowest BCUT2D eigenvalue weighted by Crippen LogP contribution is -2.36. The largest absolute Gasteiger partial charge is 0.300 e. The van der Waals surface area contributed by atoms with Gasteiger partial charge in [-0.3, -0.25) is 19.3 Å². The SMILES string of the molecule is Cc1ccc(/C=C2\SC(=O)N(CC(=O)Nc3ncc(Cc4ccc(Cl)c(Cl)c4)s3)C2=O)cc1. The van der Waals surface area contributed by atoms with E-state index in [9.17, 15) is 14.4 Å². The number of halogens is 2. The van der Waals surface area contributed by atoms with Crippen molar-refractivity contribution in [3.8, 4) is 0 Å². The molecule has 10 heteroatoms. The third kappa shape index (κ3) is 5.83. The molecule has 0 saturated carbocycles. The predicted molar refractivity (Wildman–Crippen MR) is 134 cm³/mol. The zero-order chi connectivity index (χ0) is 23.5. The molecule has 1 aliphatic heterocycles. The summed E-state index contributed by atoms with van der Waals surface area (Å²) in [5, 5.41) is 3.52. The van der Waals surface area contributed by atoms with Crippen molar-refractivity contribution in [2.75, 3.05) is 11.9 Å². The van der Waals surface area contributed by atoms with Gasteiger partial charge in [0.1, 0.15) is 6.54 Å². The van der Waals surface area contributed by atoms with Crippen molar-refractivity contribution in [3.63, 3.8) is 0 Å². The molecular formula is C23H17Cl2N3O3S2. The molecule has 3 aromatic rings. The third-order valence-corrected chi connectivity index (χ3v) is 7.27. The molecule has 1 aliphatic rings. The summed E-state index contributed by atoms with van der Waals surface area (Å²) in [4.78, 5) is 43.7. The van der Waals surface area contributed by atoms with Crippen molar-refractivity contribution in [3.05, 3.63) is 85.2 Å². The van der Waals surface area contributed by atoms with E-state index in [1.54, 1.807) is 24.4 Å². The number of thioether (sulfide) groups is 1. The van der Waals surface area contributed by atoms with Crippen molar-refractivity contribution < 1.29 is 14.4 Å². The molecule has 0 atom stereocenters. The lowest BCUT2D eigenvalue weighted by Gasteiger charge is -2.11. The number of benzene rings is 2. The number of carbonyl (C=O) groups is 3. The predicted octanol–water partition coefficient (Wildman–Crippen LogP) is 6.02. The summed E-state index contributed by atoms with van der Waals surface area (Å²) in [6.45, 7) is 1.59. The van der Waals surface area contributed by atoms with Gasteiger partial charge in [-0.25, -0.2) is 4.98 Å². The number of amides is 3. The summed E-state index contributed by atoms with van der Waals surface area (Å²) >= 11 is 14.1. The maximum atomic E-state index is 12.6. The molecule has 1 saturated heterocycles. The molecule has 0 radical (unpaired) electrons. The summed E-state index contributed by atoms with van der Waals surface area (Å²) in [6, 6.07) is 13.0. The summed E-state index contributed by atoms with van der Waals surface area (Å²) in [6.07, 6.45) is 3.89. The number of anilines is 1. The highest BCUT2D eigenvalue weighted by Crippen LogP contribution is 2.32. The van der Waals surface area contributed by atoms with Gasteiger partial charge in [-0.15, -0.1) is 11.3 Å². The second-order valence-corrected chi connectivity index (χ2v) is 10.2. The Balaban J connectivity index is 1.36. The average molecular weight is 518 g/mol. The fourth-order valence-electron chi connectivity index (χ4n) is 3.05. The van der Waals surface area contributed by atoms with Gasteiger partial charge in [0.25, 0.3) is 11.1 Å². The minimum atomic E-state index is -0.496. The Bertz CT molecular complexity index is 1270. The smallest absolute Gasteiger partial charge is 0.294 e. The average Bonchev–Trinajstić information content (AvgIpc) is 3.31. The van der Waals surface area contributed by atoms with Crippen molar-refractivity contribution in [2.24, 2.45) is 0 Å². The van der Waals surface area contributed by atoms with Crippen LogP contribution in [0.3, 0.4) is 0 Å². The van der Waals surface area contributed by atoms with Crippen molar-refractivity contribution in [1.29, 1.82) is 0 Å². The zero-order valence-electron chi connectivity index (χ0n) is 17.3. The number of thiazole rings is 1. The van der Waals surface area contributed by atoms with Crippen LogP contribution in [0.4, 0.5) is 9.93 Å². The normalized spacial score (nSPS) is 14.9. The van der Waals surface area contributed by atoms with E-state index in [0.29, 0.717) is 21.6 Å². The first kappa shape index (κ1) is 23.5. The van der Waals surface area contributed by atoms with Crippen molar-refractivity contribution in [2.45, 2.75) is 13.3 Å². The van der Waals surface area contributed by atoms with E-state index < -0.39 is 17.1 Å². The van der Waals surface area contributed by atoms with Gasteiger partial charge in [-0.05, 0) is 48.0 Å². The maximum absolute atomic E-state index is 12.6. The number of hydrogen-bond donors (Lipinski definition) is 1. The summed E-state index contributed by atoms with van der Waals surface area (Å²) in [5.74, 6) is -0.982. The Morgan fingerprint density at radius 1 is 1.12 bits per heavy atom. The van der Waals surface area contributed by atoms with Crippen LogP contribution in [0.15, 0.2) is 53.6 Å². The maximum Gasteiger partial charge on any atom is 0.294 e. The molecule has 0 spiro atoms. The molecule has 1 fully saturated rings. The molecule has 6 nitrogen and oxygen atoms in total. The van der Waals surface area contributed by atoms with Crippen LogP contribution in [0.25, 0.3) is 6.08 Å². The summed E-state index contributed by atoms with van der Waals surface area (Å²) < 4.78 is 0. The quantitative estimate of drug-likeness (QED) is 0.404. The fourth-order valence-corrected chi connectivity index (χ4v) is 5.07. The van der Waals surface area contributed by atoms with Crippen LogP contribution >= 0.6 is 46.3 Å². The fraction of sp³-hybridized carbons (Fsp3) is 0.130. The number of carbonyl (C=O) groups excluding carboxylic acids is 3. The molecular weight excluding hydrogens is 501 g/mol. The van der Waals surface area contributed by atoms with Gasteiger partial charge in [-0.2, -0.15) is 0 Å². The highest BCUT2D eigenvalue weighted by molar-refractivity contribution is 8.18. The van der Waals surface area contributed by atoms with Crippen LogP contribution in [-0.4, -0.2) is 33.5 Å². The Hall–Kier alpha value is -2.65. The van der Waals surface area contributed by atoms with E-state index in [4.69, 9.17) is 23.2 Å². The molecule has 1 N–H and O–H groups in total. The number of hydrogen-bond acceptors (Lipinski definition) is 6. The van der Waals surface area contributed by atoms with Gasteiger partial charge < -0.3 is 5.32 Å². The van der Waals surface area contributed by atoms with Crippen LogP contribution in [0.2, 0.25) is 10.0 Å². The highest BCUT2D eigenvalue weighted by Gasteiger charge is 2.36. The van der Waals surface area contributed by atoms with Gasteiger partial charge in [0.2, 0.25) is 5.91 Å². The minimum absolute atomic E-state index is 0.287. The van der Waals surface area contributed by atoms with E-state index in [1.807, 2.05) is 37.3 Å². The van der Waals surface area contributed by atoms with Gasteiger partial charge >= 0.3 is 0 Å². The van der Waals surface area contributed by atoms with E-state index in [-0.39, 0.29) is 11.4 Å². The Morgan fingerprint density at radius 3 is 2.61 bits per heavy atom. The molecule has 168 valence electrons. The van der Waals surface area contributed by atoms with Crippen LogP contribution in [-0.2, 0) is 16.0 Å². The van der Waals surface area contributed by atoms with Gasteiger partial charge in [0.05, 0.1) is 15.0 Å². The minimum Gasteiger partial charge on any atom is -0.300 e. The molecule has 3 amide bonds. The third-order valence-electron chi connectivity index (χ3n) is 4.71. The first-order valence-corrected chi connectivity index (χ1v) is 12.2. The van der Waals surface area contributed by atoms with Crippen LogP contribution < -0.4 is 5.32 Å². The highest BCUT2D eigenvalue weighted by atomic mass is 35.5. The number of rotatable bonds is 6. The number of aromatic nitrogens is 1. The van der Waals surface area contributed by atoms with Crippen LogP contribution in [0, 0.1) is 6.92 Å². The van der Waals surface area contributed by atoms with Crippen molar-refractivity contribution >= 4 is 74.6 Å². The Kier molecular flexibility index (Phi) is 7.19. The molecule has 2 heterocycles. The van der Waals surface area contributed by atoms with E-state index in [0.717, 1.165) is 38.2 Å². The Labute approximate surface area is 208 Å². The Morgan fingerprint density at radius 2 is 1.88 bits per heavy atom. The first-order chi connectivity index (χ1) is 15.8. The van der Waals surface area contributed by atoms with Gasteiger partial charge in [0, 0.05) is 17.5 Å². The lowest BCUT2D eigenvalue weighted by atomic mass is 10.1. The number of nitrogens with zero attached hydrogens (tertiary/aromatic N) is 2. The summed E-state index contributed by atoms with van der Waals surface area (Å²) in [7, 11) is 0. The van der Waals surface area contributed by atoms with Gasteiger partial charge in [-0.1, -0.05) is 59.1 Å². The van der Waals surface area contributed by atoms with Crippen LogP contribution in [0.5, 0.6) is 0 Å².